The van der Waals surface area contributed by atoms with Gasteiger partial charge >= 0.3 is 5.97 Å². The lowest BCUT2D eigenvalue weighted by atomic mass is 10.2. The zero-order valence-electron chi connectivity index (χ0n) is 19.5. The molecule has 7 nitrogen and oxygen atoms in total. The predicted molar refractivity (Wildman–Crippen MR) is 138 cm³/mol. The first-order valence-electron chi connectivity index (χ1n) is 11.4. The maximum absolute atomic E-state index is 13.2. The third kappa shape index (κ3) is 6.37. The third-order valence-corrected chi connectivity index (χ3v) is 6.52. The fourth-order valence-corrected chi connectivity index (χ4v) is 4.61. The van der Waals surface area contributed by atoms with Gasteiger partial charge in [-0.2, -0.15) is 0 Å². The van der Waals surface area contributed by atoms with Crippen LogP contribution < -0.4 is 5.32 Å². The second kappa shape index (κ2) is 11.6. The zero-order chi connectivity index (χ0) is 25.5. The van der Waals surface area contributed by atoms with Gasteiger partial charge in [-0.25, -0.2) is 14.2 Å². The first kappa shape index (κ1) is 25.1. The van der Waals surface area contributed by atoms with Crippen LogP contribution in [0.2, 0.25) is 0 Å². The molecule has 1 heterocycles. The third-order valence-electron chi connectivity index (χ3n) is 5.33. The van der Waals surface area contributed by atoms with Gasteiger partial charge in [0.2, 0.25) is 11.8 Å². The largest absolute Gasteiger partial charge is 0.462 e. The summed E-state index contributed by atoms with van der Waals surface area (Å²) in [5.74, 6) is -1.44. The van der Waals surface area contributed by atoms with Crippen LogP contribution in [0.15, 0.2) is 83.9 Å². The minimum atomic E-state index is -0.716. The van der Waals surface area contributed by atoms with Gasteiger partial charge in [-0.1, -0.05) is 42.1 Å². The quantitative estimate of drug-likeness (QED) is 0.448. The molecule has 9 heteroatoms. The Morgan fingerprint density at radius 2 is 1.75 bits per heavy atom. The van der Waals surface area contributed by atoms with Gasteiger partial charge in [0, 0.05) is 12.1 Å². The molecule has 0 aromatic heterocycles. The van der Waals surface area contributed by atoms with Crippen molar-refractivity contribution >= 4 is 46.1 Å². The summed E-state index contributed by atoms with van der Waals surface area (Å²) in [4.78, 5) is 44.3. The minimum absolute atomic E-state index is 0.00859. The number of halogens is 1. The molecule has 0 aliphatic carbocycles. The summed E-state index contributed by atoms with van der Waals surface area (Å²) >= 11 is 1.18. The highest BCUT2D eigenvalue weighted by molar-refractivity contribution is 8.15. The monoisotopic (exact) mass is 505 g/mol. The van der Waals surface area contributed by atoms with Gasteiger partial charge in [-0.15, -0.1) is 0 Å². The summed E-state index contributed by atoms with van der Waals surface area (Å²) in [6.45, 7) is 2.32. The Bertz CT molecular complexity index is 1260. The van der Waals surface area contributed by atoms with Gasteiger partial charge in [-0.05, 0) is 61.0 Å². The molecule has 1 fully saturated rings. The molecule has 36 heavy (non-hydrogen) atoms. The molecular weight excluding hydrogens is 481 g/mol. The van der Waals surface area contributed by atoms with Crippen molar-refractivity contribution in [1.29, 1.82) is 0 Å². The van der Waals surface area contributed by atoms with E-state index in [4.69, 9.17) is 4.74 Å². The van der Waals surface area contributed by atoms with Crippen molar-refractivity contribution in [2.45, 2.75) is 25.1 Å². The maximum Gasteiger partial charge on any atom is 0.338 e. The van der Waals surface area contributed by atoms with Gasteiger partial charge in [-0.3, -0.25) is 14.5 Å². The van der Waals surface area contributed by atoms with Crippen LogP contribution >= 0.6 is 11.8 Å². The number of benzene rings is 3. The number of amides is 2. The van der Waals surface area contributed by atoms with Crippen LogP contribution in [0, 0.1) is 5.82 Å². The van der Waals surface area contributed by atoms with E-state index in [1.807, 2.05) is 30.3 Å². The van der Waals surface area contributed by atoms with Crippen LogP contribution in [0.4, 0.5) is 15.8 Å². The Labute approximate surface area is 212 Å². The number of hydrogen-bond acceptors (Lipinski definition) is 6. The lowest BCUT2D eigenvalue weighted by molar-refractivity contribution is -0.129. The molecule has 1 aliphatic heterocycles. The van der Waals surface area contributed by atoms with E-state index in [9.17, 15) is 18.8 Å². The molecule has 1 unspecified atom stereocenters. The smallest absolute Gasteiger partial charge is 0.338 e. The van der Waals surface area contributed by atoms with E-state index in [0.29, 0.717) is 28.7 Å². The molecule has 3 aromatic rings. The van der Waals surface area contributed by atoms with Crippen molar-refractivity contribution in [3.05, 3.63) is 95.8 Å². The Morgan fingerprint density at radius 1 is 1.06 bits per heavy atom. The molecule has 0 saturated carbocycles. The van der Waals surface area contributed by atoms with E-state index in [1.54, 1.807) is 36.1 Å². The van der Waals surface area contributed by atoms with Crippen molar-refractivity contribution in [1.82, 2.24) is 4.90 Å². The lowest BCUT2D eigenvalue weighted by Crippen LogP contribution is -2.44. The summed E-state index contributed by atoms with van der Waals surface area (Å²) < 4.78 is 18.2. The second-order valence-corrected chi connectivity index (χ2v) is 9.10. The molecule has 4 rings (SSSR count). The SMILES string of the molecule is CCOC(=O)c1ccc(N=C2SC(C(=O)Nc3ccc(F)cc3)CC(=O)N2Cc2ccccc2)cc1. The van der Waals surface area contributed by atoms with E-state index >= 15 is 0 Å². The molecule has 1 aliphatic rings. The molecule has 0 bridgehead atoms. The van der Waals surface area contributed by atoms with Crippen LogP contribution in [0.3, 0.4) is 0 Å². The molecule has 1 atom stereocenters. The van der Waals surface area contributed by atoms with E-state index < -0.39 is 17.0 Å². The summed E-state index contributed by atoms with van der Waals surface area (Å²) in [5.41, 5.74) is 2.28. The van der Waals surface area contributed by atoms with Gasteiger partial charge in [0.25, 0.3) is 0 Å². The van der Waals surface area contributed by atoms with Crippen molar-refractivity contribution < 1.29 is 23.5 Å². The number of hydrogen-bond donors (Lipinski definition) is 1. The Kier molecular flexibility index (Phi) is 8.12. The first-order valence-corrected chi connectivity index (χ1v) is 12.2. The highest BCUT2D eigenvalue weighted by atomic mass is 32.2. The molecule has 0 spiro atoms. The van der Waals surface area contributed by atoms with Crippen LogP contribution in [-0.2, 0) is 20.9 Å². The lowest BCUT2D eigenvalue weighted by Gasteiger charge is -2.32. The second-order valence-electron chi connectivity index (χ2n) is 7.93. The van der Waals surface area contributed by atoms with Crippen LogP contribution in [-0.4, -0.2) is 39.7 Å². The number of carbonyl (C=O) groups excluding carboxylic acids is 3. The number of anilines is 1. The number of rotatable bonds is 7. The highest BCUT2D eigenvalue weighted by Gasteiger charge is 2.36. The molecule has 1 N–H and O–H groups in total. The fourth-order valence-electron chi connectivity index (χ4n) is 3.52. The standard InChI is InChI=1S/C27H24FN3O4S/c1-2-35-26(34)19-8-12-22(13-9-19)30-27-31(17-18-6-4-3-5-7-18)24(32)16-23(36-27)25(33)29-21-14-10-20(28)11-15-21/h3-15,23H,2,16-17H2,1H3,(H,29,33). The number of nitrogens with one attached hydrogen (secondary N) is 1. The highest BCUT2D eigenvalue weighted by Crippen LogP contribution is 2.31. The average molecular weight is 506 g/mol. The number of ether oxygens (including phenoxy) is 1. The Balaban J connectivity index is 1.58. The number of thioether (sulfide) groups is 1. The van der Waals surface area contributed by atoms with Gasteiger partial charge in [0.05, 0.1) is 24.4 Å². The van der Waals surface area contributed by atoms with Crippen LogP contribution in [0.1, 0.15) is 29.3 Å². The molecule has 3 aromatic carbocycles. The average Bonchev–Trinajstić information content (AvgIpc) is 2.88. The maximum atomic E-state index is 13.2. The van der Waals surface area contributed by atoms with E-state index in [-0.39, 0.29) is 24.8 Å². The minimum Gasteiger partial charge on any atom is -0.462 e. The summed E-state index contributed by atoms with van der Waals surface area (Å²) in [7, 11) is 0. The number of carbonyl (C=O) groups is 3. The summed E-state index contributed by atoms with van der Waals surface area (Å²) in [5, 5.41) is 2.39. The Hall–Kier alpha value is -3.98. The Morgan fingerprint density at radius 3 is 2.42 bits per heavy atom. The molecule has 2 amide bonds. The number of aliphatic imine (C=N–C) groups is 1. The first-order chi connectivity index (χ1) is 17.4. The van der Waals surface area contributed by atoms with Crippen LogP contribution in [0.25, 0.3) is 0 Å². The van der Waals surface area contributed by atoms with Crippen molar-refractivity contribution in [2.24, 2.45) is 4.99 Å². The van der Waals surface area contributed by atoms with Crippen molar-refractivity contribution in [3.63, 3.8) is 0 Å². The van der Waals surface area contributed by atoms with Crippen molar-refractivity contribution in [2.75, 3.05) is 11.9 Å². The van der Waals surface area contributed by atoms with Crippen LogP contribution in [0.5, 0.6) is 0 Å². The van der Waals surface area contributed by atoms with Gasteiger partial charge in [0.1, 0.15) is 11.1 Å². The number of amidine groups is 1. The normalized spacial score (nSPS) is 16.6. The zero-order valence-corrected chi connectivity index (χ0v) is 20.3. The van der Waals surface area contributed by atoms with E-state index in [1.165, 1.54) is 36.0 Å². The summed E-state index contributed by atoms with van der Waals surface area (Å²) in [6.07, 6.45) is -0.00859. The predicted octanol–water partition coefficient (Wildman–Crippen LogP) is 5.16. The van der Waals surface area contributed by atoms with Gasteiger partial charge in [0.15, 0.2) is 5.17 Å². The molecule has 184 valence electrons. The van der Waals surface area contributed by atoms with E-state index in [2.05, 4.69) is 10.3 Å². The van der Waals surface area contributed by atoms with E-state index in [0.717, 1.165) is 5.56 Å². The topological polar surface area (TPSA) is 88.1 Å². The molecule has 1 saturated heterocycles. The van der Waals surface area contributed by atoms with Gasteiger partial charge < -0.3 is 10.1 Å². The molecular formula is C27H24FN3O4S. The molecule has 0 radical (unpaired) electrons. The number of nitrogens with zero attached hydrogens (tertiary/aromatic N) is 2. The number of esters is 1. The summed E-state index contributed by atoms with van der Waals surface area (Å²) in [6, 6.07) is 21.5. The fraction of sp³-hybridized carbons (Fsp3) is 0.185. The van der Waals surface area contributed by atoms with Crippen molar-refractivity contribution in [3.8, 4) is 0 Å².